The molecule has 6 nitrogen and oxygen atoms in total. The highest BCUT2D eigenvalue weighted by atomic mass is 16.5. The SMILES string of the molecule is CCN(Cc1ccccc1)c1cncc(C(=O)Nc2ccc(OC)c(OC)c2)c1. The lowest BCUT2D eigenvalue weighted by atomic mass is 10.2. The van der Waals surface area contributed by atoms with Crippen molar-refractivity contribution in [3.05, 3.63) is 78.1 Å². The predicted octanol–water partition coefficient (Wildman–Crippen LogP) is 4.38. The van der Waals surface area contributed by atoms with Gasteiger partial charge in [0.2, 0.25) is 0 Å². The number of benzene rings is 2. The smallest absolute Gasteiger partial charge is 0.257 e. The molecular formula is C23H25N3O3. The van der Waals surface area contributed by atoms with Gasteiger partial charge in [-0.1, -0.05) is 30.3 Å². The Bertz CT molecular complexity index is 961. The number of nitrogens with zero attached hydrogens (tertiary/aromatic N) is 2. The Morgan fingerprint density at radius 3 is 2.45 bits per heavy atom. The zero-order chi connectivity index (χ0) is 20.6. The number of anilines is 2. The lowest BCUT2D eigenvalue weighted by Gasteiger charge is -2.23. The normalized spacial score (nSPS) is 10.3. The zero-order valence-corrected chi connectivity index (χ0v) is 16.9. The van der Waals surface area contributed by atoms with E-state index in [0.29, 0.717) is 22.7 Å². The van der Waals surface area contributed by atoms with E-state index in [0.717, 1.165) is 18.8 Å². The first-order valence-corrected chi connectivity index (χ1v) is 9.42. The van der Waals surface area contributed by atoms with E-state index in [9.17, 15) is 4.79 Å². The maximum Gasteiger partial charge on any atom is 0.257 e. The molecule has 1 amide bonds. The first-order chi connectivity index (χ1) is 14.1. The zero-order valence-electron chi connectivity index (χ0n) is 16.9. The van der Waals surface area contributed by atoms with Gasteiger partial charge in [0.1, 0.15) is 0 Å². The van der Waals surface area contributed by atoms with Crippen LogP contribution in [0.1, 0.15) is 22.8 Å². The molecule has 0 radical (unpaired) electrons. The summed E-state index contributed by atoms with van der Waals surface area (Å²) in [5.41, 5.74) is 3.21. The number of pyridine rings is 1. The van der Waals surface area contributed by atoms with Crippen molar-refractivity contribution in [3.8, 4) is 11.5 Å². The molecule has 0 atom stereocenters. The molecule has 2 aromatic carbocycles. The fourth-order valence-electron chi connectivity index (χ4n) is 3.03. The summed E-state index contributed by atoms with van der Waals surface area (Å²) >= 11 is 0. The standard InChI is InChI=1S/C23H25N3O3/c1-4-26(16-17-8-6-5-7-9-17)20-12-18(14-24-15-20)23(27)25-19-10-11-21(28-2)22(13-19)29-3/h5-15H,4,16H2,1-3H3,(H,25,27). The highest BCUT2D eigenvalue weighted by molar-refractivity contribution is 6.04. The molecule has 0 saturated heterocycles. The molecule has 150 valence electrons. The Hall–Kier alpha value is -3.54. The fraction of sp³-hybridized carbons (Fsp3) is 0.217. The summed E-state index contributed by atoms with van der Waals surface area (Å²) in [6, 6.07) is 17.3. The van der Waals surface area contributed by atoms with Crippen LogP contribution in [0.4, 0.5) is 11.4 Å². The van der Waals surface area contributed by atoms with Crippen LogP contribution < -0.4 is 19.7 Å². The van der Waals surface area contributed by atoms with Gasteiger partial charge in [-0.05, 0) is 30.7 Å². The van der Waals surface area contributed by atoms with E-state index < -0.39 is 0 Å². The van der Waals surface area contributed by atoms with Crippen LogP contribution in [0.2, 0.25) is 0 Å². The second-order valence-electron chi connectivity index (χ2n) is 6.46. The van der Waals surface area contributed by atoms with Gasteiger partial charge in [0, 0.05) is 31.0 Å². The van der Waals surface area contributed by atoms with E-state index in [1.807, 2.05) is 24.3 Å². The van der Waals surface area contributed by atoms with Gasteiger partial charge in [-0.15, -0.1) is 0 Å². The minimum absolute atomic E-state index is 0.234. The fourth-order valence-corrected chi connectivity index (χ4v) is 3.03. The molecule has 0 bridgehead atoms. The van der Waals surface area contributed by atoms with Crippen molar-refractivity contribution >= 4 is 17.3 Å². The van der Waals surface area contributed by atoms with Crippen LogP contribution in [0.3, 0.4) is 0 Å². The molecule has 0 fully saturated rings. The monoisotopic (exact) mass is 391 g/mol. The summed E-state index contributed by atoms with van der Waals surface area (Å²) in [5, 5.41) is 2.89. The Labute approximate surface area is 171 Å². The van der Waals surface area contributed by atoms with Crippen LogP contribution in [0, 0.1) is 0 Å². The Morgan fingerprint density at radius 2 is 1.76 bits per heavy atom. The van der Waals surface area contributed by atoms with E-state index in [4.69, 9.17) is 9.47 Å². The molecule has 1 heterocycles. The highest BCUT2D eigenvalue weighted by Gasteiger charge is 2.13. The molecule has 0 aliphatic carbocycles. The maximum absolute atomic E-state index is 12.7. The van der Waals surface area contributed by atoms with Crippen molar-refractivity contribution in [3.63, 3.8) is 0 Å². The number of amides is 1. The second-order valence-corrected chi connectivity index (χ2v) is 6.46. The molecule has 0 aliphatic rings. The van der Waals surface area contributed by atoms with Crippen molar-refractivity contribution in [2.24, 2.45) is 0 Å². The molecule has 1 N–H and O–H groups in total. The number of hydrogen-bond acceptors (Lipinski definition) is 5. The number of rotatable bonds is 8. The third-order valence-electron chi connectivity index (χ3n) is 4.59. The summed E-state index contributed by atoms with van der Waals surface area (Å²) in [6.07, 6.45) is 3.34. The lowest BCUT2D eigenvalue weighted by Crippen LogP contribution is -2.23. The predicted molar refractivity (Wildman–Crippen MR) is 115 cm³/mol. The minimum atomic E-state index is -0.234. The lowest BCUT2D eigenvalue weighted by molar-refractivity contribution is 0.102. The van der Waals surface area contributed by atoms with E-state index in [2.05, 4.69) is 34.3 Å². The molecule has 3 aromatic rings. The van der Waals surface area contributed by atoms with Crippen molar-refractivity contribution in [2.45, 2.75) is 13.5 Å². The molecule has 6 heteroatoms. The van der Waals surface area contributed by atoms with Crippen molar-refractivity contribution in [1.82, 2.24) is 4.98 Å². The number of methoxy groups -OCH3 is 2. The van der Waals surface area contributed by atoms with Gasteiger partial charge in [0.05, 0.1) is 31.7 Å². The molecule has 0 spiro atoms. The maximum atomic E-state index is 12.7. The number of hydrogen-bond donors (Lipinski definition) is 1. The number of aromatic nitrogens is 1. The summed E-state index contributed by atoms with van der Waals surface area (Å²) in [7, 11) is 3.13. The second kappa shape index (κ2) is 9.59. The number of carbonyl (C=O) groups is 1. The van der Waals surface area contributed by atoms with Gasteiger partial charge in [-0.25, -0.2) is 0 Å². The van der Waals surface area contributed by atoms with Gasteiger partial charge in [-0.2, -0.15) is 0 Å². The minimum Gasteiger partial charge on any atom is -0.493 e. The largest absolute Gasteiger partial charge is 0.493 e. The van der Waals surface area contributed by atoms with Crippen molar-refractivity contribution in [2.75, 3.05) is 31.0 Å². The van der Waals surface area contributed by atoms with E-state index in [-0.39, 0.29) is 5.91 Å². The van der Waals surface area contributed by atoms with E-state index in [1.54, 1.807) is 44.8 Å². The summed E-state index contributed by atoms with van der Waals surface area (Å²) in [5.74, 6) is 0.924. The highest BCUT2D eigenvalue weighted by Crippen LogP contribution is 2.30. The van der Waals surface area contributed by atoms with Crippen LogP contribution in [-0.2, 0) is 6.54 Å². The number of carbonyl (C=O) groups excluding carboxylic acids is 1. The Morgan fingerprint density at radius 1 is 1.00 bits per heavy atom. The third kappa shape index (κ3) is 5.04. The quantitative estimate of drug-likeness (QED) is 0.617. The van der Waals surface area contributed by atoms with E-state index in [1.165, 1.54) is 5.56 Å². The summed E-state index contributed by atoms with van der Waals surface area (Å²) in [6.45, 7) is 3.64. The Balaban J connectivity index is 1.76. The van der Waals surface area contributed by atoms with Crippen LogP contribution in [-0.4, -0.2) is 31.7 Å². The summed E-state index contributed by atoms with van der Waals surface area (Å²) < 4.78 is 10.5. The number of ether oxygens (including phenoxy) is 2. The van der Waals surface area contributed by atoms with E-state index >= 15 is 0 Å². The summed E-state index contributed by atoms with van der Waals surface area (Å²) in [4.78, 5) is 19.2. The van der Waals surface area contributed by atoms with Gasteiger partial charge in [-0.3, -0.25) is 9.78 Å². The van der Waals surface area contributed by atoms with Crippen LogP contribution in [0.5, 0.6) is 11.5 Å². The van der Waals surface area contributed by atoms with Crippen LogP contribution >= 0.6 is 0 Å². The average Bonchev–Trinajstić information content (AvgIpc) is 2.78. The van der Waals surface area contributed by atoms with Crippen LogP contribution in [0.15, 0.2) is 67.0 Å². The first kappa shape index (κ1) is 20.2. The van der Waals surface area contributed by atoms with Crippen LogP contribution in [0.25, 0.3) is 0 Å². The Kier molecular flexibility index (Phi) is 6.68. The molecule has 3 rings (SSSR count). The van der Waals surface area contributed by atoms with Gasteiger partial charge in [0.25, 0.3) is 5.91 Å². The molecule has 1 aromatic heterocycles. The molecule has 0 saturated carbocycles. The molecule has 0 aliphatic heterocycles. The first-order valence-electron chi connectivity index (χ1n) is 9.42. The molecule has 0 unspecified atom stereocenters. The topological polar surface area (TPSA) is 63.7 Å². The molecule has 29 heavy (non-hydrogen) atoms. The van der Waals surface area contributed by atoms with Crippen molar-refractivity contribution < 1.29 is 14.3 Å². The van der Waals surface area contributed by atoms with Crippen molar-refractivity contribution in [1.29, 1.82) is 0 Å². The average molecular weight is 391 g/mol. The third-order valence-corrected chi connectivity index (χ3v) is 4.59. The van der Waals surface area contributed by atoms with Gasteiger partial charge in [0.15, 0.2) is 11.5 Å². The number of nitrogens with one attached hydrogen (secondary N) is 1. The molecular weight excluding hydrogens is 366 g/mol. The van der Waals surface area contributed by atoms with Gasteiger partial charge >= 0.3 is 0 Å². The van der Waals surface area contributed by atoms with Gasteiger partial charge < -0.3 is 19.7 Å².